The molecule has 1 saturated heterocycles. The van der Waals surface area contributed by atoms with Gasteiger partial charge in [0.2, 0.25) is 0 Å². The number of esters is 1. The number of aliphatic hydroxyl groups excluding tert-OH is 2. The second-order valence-corrected chi connectivity index (χ2v) is 13.7. The molecule has 3 N–H and O–H groups in total. The number of carbonyl (C=O) groups is 1. The van der Waals surface area contributed by atoms with Gasteiger partial charge in [-0.25, -0.2) is 4.79 Å². The predicted molar refractivity (Wildman–Crippen MR) is 138 cm³/mol. The monoisotopic (exact) mass is 534 g/mol. The fourth-order valence-corrected chi connectivity index (χ4v) is 10.1. The fraction of sp³-hybridized carbons (Fsp3) is 0.900. The zero-order valence-electron chi connectivity index (χ0n) is 23.3. The molecule has 2 heterocycles. The topological polar surface area (TPSA) is 115 Å². The van der Waals surface area contributed by atoms with E-state index in [1.807, 2.05) is 6.92 Å². The van der Waals surface area contributed by atoms with Gasteiger partial charge in [-0.15, -0.1) is 0 Å². The molecule has 214 valence electrons. The van der Waals surface area contributed by atoms with E-state index in [2.05, 4.69) is 13.8 Å². The first-order chi connectivity index (χ1) is 18.0. The lowest BCUT2D eigenvalue weighted by Crippen LogP contribution is -2.66. The molecule has 0 amide bonds. The van der Waals surface area contributed by atoms with Gasteiger partial charge in [-0.1, -0.05) is 13.8 Å². The van der Waals surface area contributed by atoms with Gasteiger partial charge in [0.05, 0.1) is 30.0 Å². The summed E-state index contributed by atoms with van der Waals surface area (Å²) in [5.74, 6) is 0.285. The number of carbonyl (C=O) groups excluding carboxylic acids is 1. The second kappa shape index (κ2) is 9.52. The number of aliphatic hydroxyl groups is 3. The molecule has 0 aromatic heterocycles. The summed E-state index contributed by atoms with van der Waals surface area (Å²) in [6, 6.07) is 0. The van der Waals surface area contributed by atoms with Crippen molar-refractivity contribution < 1.29 is 39.1 Å². The first-order valence-corrected chi connectivity index (χ1v) is 14.8. The lowest BCUT2D eigenvalue weighted by molar-refractivity contribution is -0.278. The second-order valence-electron chi connectivity index (χ2n) is 13.7. The lowest BCUT2D eigenvalue weighted by Gasteiger charge is -2.65. The minimum atomic E-state index is -0.850. The molecule has 6 aliphatic rings. The van der Waals surface area contributed by atoms with Crippen LogP contribution in [0.15, 0.2) is 11.6 Å². The Morgan fingerprint density at radius 3 is 2.58 bits per heavy atom. The molecule has 5 fully saturated rings. The third kappa shape index (κ3) is 3.96. The Labute approximate surface area is 226 Å². The van der Waals surface area contributed by atoms with E-state index < -0.39 is 23.2 Å². The zero-order chi connectivity index (χ0) is 27.0. The van der Waals surface area contributed by atoms with Crippen molar-refractivity contribution in [3.05, 3.63) is 11.6 Å². The van der Waals surface area contributed by atoms with E-state index in [-0.39, 0.29) is 53.7 Å². The minimum absolute atomic E-state index is 0.0464. The van der Waals surface area contributed by atoms with Crippen LogP contribution in [0.3, 0.4) is 0 Å². The molecule has 6 rings (SSSR count). The summed E-state index contributed by atoms with van der Waals surface area (Å²) in [7, 11) is 1.62. The van der Waals surface area contributed by atoms with Crippen molar-refractivity contribution in [2.45, 2.75) is 121 Å². The number of rotatable bonds is 4. The van der Waals surface area contributed by atoms with E-state index in [1.54, 1.807) is 13.2 Å². The summed E-state index contributed by atoms with van der Waals surface area (Å²) < 4.78 is 23.1. The normalized spacial score (nSPS) is 54.5. The maximum atomic E-state index is 12.4. The van der Waals surface area contributed by atoms with Crippen LogP contribution in [0, 0.1) is 34.5 Å². The average Bonchev–Trinajstić information content (AvgIpc) is 3.41. The van der Waals surface area contributed by atoms with E-state index in [9.17, 15) is 20.1 Å². The Bertz CT molecular complexity index is 968. The predicted octanol–water partition coefficient (Wildman–Crippen LogP) is 3.11. The van der Waals surface area contributed by atoms with Crippen LogP contribution >= 0.6 is 0 Å². The summed E-state index contributed by atoms with van der Waals surface area (Å²) >= 11 is 0. The third-order valence-electron chi connectivity index (χ3n) is 12.2. The van der Waals surface area contributed by atoms with E-state index in [0.717, 1.165) is 44.1 Å². The SMILES string of the molecule is CO[C@H]1C[C@H](O[C@H]2CC[C@]3(C)C4[C@H](O)C[C@]5(C)[C@@H](C6=CC(=O)OC6)CC[C@]5(O)[C@@H]4CC[C@@H]3C2)O[C@@H](C)[C@@H]1O. The summed E-state index contributed by atoms with van der Waals surface area (Å²) in [6.07, 6.45) is 6.83. The first-order valence-electron chi connectivity index (χ1n) is 14.8. The van der Waals surface area contributed by atoms with Crippen LogP contribution < -0.4 is 0 Å². The van der Waals surface area contributed by atoms with E-state index >= 15 is 0 Å². The molecule has 0 spiro atoms. The number of ether oxygens (including phenoxy) is 4. The summed E-state index contributed by atoms with van der Waals surface area (Å²) in [5.41, 5.74) is -0.389. The summed E-state index contributed by atoms with van der Waals surface area (Å²) in [6.45, 7) is 6.65. The maximum absolute atomic E-state index is 12.4. The number of cyclic esters (lactones) is 1. The van der Waals surface area contributed by atoms with Gasteiger partial charge in [0.1, 0.15) is 12.7 Å². The molecule has 4 aliphatic carbocycles. The van der Waals surface area contributed by atoms with Crippen LogP contribution in [0.1, 0.15) is 78.6 Å². The van der Waals surface area contributed by atoms with Crippen LogP contribution in [0.2, 0.25) is 0 Å². The van der Waals surface area contributed by atoms with Gasteiger partial charge in [-0.3, -0.25) is 0 Å². The Hall–Kier alpha value is -1.03. The highest BCUT2D eigenvalue weighted by molar-refractivity contribution is 5.85. The molecule has 0 radical (unpaired) electrons. The van der Waals surface area contributed by atoms with Gasteiger partial charge in [0, 0.05) is 25.0 Å². The van der Waals surface area contributed by atoms with Crippen LogP contribution in [0.4, 0.5) is 0 Å². The fourth-order valence-electron chi connectivity index (χ4n) is 10.1. The van der Waals surface area contributed by atoms with Gasteiger partial charge in [-0.05, 0) is 93.0 Å². The van der Waals surface area contributed by atoms with Gasteiger partial charge in [0.15, 0.2) is 6.29 Å². The Balaban J connectivity index is 1.18. The van der Waals surface area contributed by atoms with Crippen molar-refractivity contribution in [1.82, 2.24) is 0 Å². The third-order valence-corrected chi connectivity index (χ3v) is 12.2. The Kier molecular flexibility index (Phi) is 6.80. The van der Waals surface area contributed by atoms with Crippen molar-refractivity contribution in [3.63, 3.8) is 0 Å². The highest BCUT2D eigenvalue weighted by Crippen LogP contribution is 2.70. The highest BCUT2D eigenvalue weighted by Gasteiger charge is 2.70. The number of methoxy groups -OCH3 is 1. The number of fused-ring (bicyclic) bond motifs is 5. The van der Waals surface area contributed by atoms with Crippen LogP contribution in [-0.2, 0) is 23.7 Å². The van der Waals surface area contributed by atoms with E-state index in [4.69, 9.17) is 18.9 Å². The molecule has 0 aromatic carbocycles. The van der Waals surface area contributed by atoms with Crippen molar-refractivity contribution in [2.75, 3.05) is 13.7 Å². The molecule has 8 nitrogen and oxygen atoms in total. The number of hydrogen-bond donors (Lipinski definition) is 3. The maximum Gasteiger partial charge on any atom is 0.331 e. The smallest absolute Gasteiger partial charge is 0.331 e. The standard InChI is InChI=1S/C30H46O8/c1-16-27(33)23(35-4)13-25(37-16)38-19-7-9-28(2)18(12-19)5-6-21-26(28)22(31)14-29(3)20(8-10-30(21,29)34)17-11-24(32)36-15-17/h11,16,18-23,25-27,31,33-34H,5-10,12-15H2,1-4H3/t16-,18+,19-,20+,21+,22+,23-,25-,26?,27-,28-,29+,30-/m0/s1. The quantitative estimate of drug-likeness (QED) is 0.372. The molecular formula is C30H46O8. The molecule has 0 aromatic rings. The van der Waals surface area contributed by atoms with Crippen molar-refractivity contribution >= 4 is 5.97 Å². The van der Waals surface area contributed by atoms with Gasteiger partial charge >= 0.3 is 5.97 Å². The van der Waals surface area contributed by atoms with Crippen molar-refractivity contribution in [2.24, 2.45) is 34.5 Å². The van der Waals surface area contributed by atoms with E-state index in [0.29, 0.717) is 31.8 Å². The molecule has 1 unspecified atom stereocenters. The summed E-state index contributed by atoms with van der Waals surface area (Å²) in [4.78, 5) is 11.8. The molecule has 8 heteroatoms. The van der Waals surface area contributed by atoms with Crippen LogP contribution in [0.25, 0.3) is 0 Å². The van der Waals surface area contributed by atoms with Crippen molar-refractivity contribution in [1.29, 1.82) is 0 Å². The van der Waals surface area contributed by atoms with Gasteiger partial charge in [0.25, 0.3) is 0 Å². The van der Waals surface area contributed by atoms with E-state index in [1.165, 1.54) is 0 Å². The molecule has 38 heavy (non-hydrogen) atoms. The molecular weight excluding hydrogens is 488 g/mol. The van der Waals surface area contributed by atoms with Gasteiger partial charge in [-0.2, -0.15) is 0 Å². The average molecular weight is 535 g/mol. The largest absolute Gasteiger partial charge is 0.458 e. The Morgan fingerprint density at radius 1 is 1.08 bits per heavy atom. The zero-order valence-corrected chi connectivity index (χ0v) is 23.3. The molecule has 13 atom stereocenters. The molecule has 0 bridgehead atoms. The molecule has 2 aliphatic heterocycles. The first kappa shape index (κ1) is 27.2. The highest BCUT2D eigenvalue weighted by atomic mass is 16.7. The van der Waals surface area contributed by atoms with Crippen LogP contribution in [0.5, 0.6) is 0 Å². The van der Waals surface area contributed by atoms with Crippen LogP contribution in [-0.4, -0.2) is 77.4 Å². The van der Waals surface area contributed by atoms with Crippen molar-refractivity contribution in [3.8, 4) is 0 Å². The van der Waals surface area contributed by atoms with Gasteiger partial charge < -0.3 is 34.3 Å². The summed E-state index contributed by atoms with van der Waals surface area (Å²) in [5, 5.41) is 34.5. The molecule has 4 saturated carbocycles. The number of hydrogen-bond acceptors (Lipinski definition) is 8. The minimum Gasteiger partial charge on any atom is -0.458 e. The lowest BCUT2D eigenvalue weighted by atomic mass is 9.42. The Morgan fingerprint density at radius 2 is 1.87 bits per heavy atom.